The summed E-state index contributed by atoms with van der Waals surface area (Å²) in [4.78, 5) is 15.4. The summed E-state index contributed by atoms with van der Waals surface area (Å²) in [5.41, 5.74) is 0.231. The Morgan fingerprint density at radius 1 is 1.30 bits per heavy atom. The summed E-state index contributed by atoms with van der Waals surface area (Å²) in [6.07, 6.45) is 7.06. The predicted octanol–water partition coefficient (Wildman–Crippen LogP) is 2.53. The zero-order valence-electron chi connectivity index (χ0n) is 12.9. The van der Waals surface area contributed by atoms with E-state index in [1.165, 1.54) is 19.3 Å². The molecule has 0 saturated carbocycles. The third kappa shape index (κ3) is 2.77. The van der Waals surface area contributed by atoms with Crippen LogP contribution in [0.1, 0.15) is 63.4 Å². The van der Waals surface area contributed by atoms with E-state index in [-0.39, 0.29) is 5.78 Å². The van der Waals surface area contributed by atoms with Crippen LogP contribution < -0.4 is 0 Å². The lowest BCUT2D eigenvalue weighted by Gasteiger charge is -2.41. The number of nitrogens with zero attached hydrogens (tertiary/aromatic N) is 4. The molecule has 1 unspecified atom stereocenters. The van der Waals surface area contributed by atoms with Gasteiger partial charge in [0.15, 0.2) is 0 Å². The Labute approximate surface area is 121 Å². The average molecular weight is 278 g/mol. The van der Waals surface area contributed by atoms with Gasteiger partial charge in [0.05, 0.1) is 11.7 Å². The normalized spacial score (nSPS) is 19.8. The molecule has 0 bridgehead atoms. The molecule has 112 valence electrons. The second-order valence-electron chi connectivity index (χ2n) is 5.85. The summed E-state index contributed by atoms with van der Waals surface area (Å²) >= 11 is 0. The fraction of sp³-hybridized carbons (Fsp3) is 0.800. The molecule has 1 atom stereocenters. The highest BCUT2D eigenvalue weighted by Gasteiger charge is 2.40. The van der Waals surface area contributed by atoms with Gasteiger partial charge in [-0.2, -0.15) is 0 Å². The van der Waals surface area contributed by atoms with Gasteiger partial charge in [0.2, 0.25) is 5.78 Å². The molecule has 1 aliphatic heterocycles. The molecule has 0 N–H and O–H groups in total. The quantitative estimate of drug-likeness (QED) is 0.750. The lowest BCUT2D eigenvalue weighted by molar-refractivity contribution is 0.0494. The first-order valence-electron chi connectivity index (χ1n) is 7.81. The highest BCUT2D eigenvalue weighted by Crippen LogP contribution is 2.27. The van der Waals surface area contributed by atoms with Crippen LogP contribution in [0.5, 0.6) is 0 Å². The lowest BCUT2D eigenvalue weighted by Crippen LogP contribution is -2.54. The van der Waals surface area contributed by atoms with Crippen LogP contribution in [-0.2, 0) is 6.54 Å². The van der Waals surface area contributed by atoms with Gasteiger partial charge in [0.25, 0.3) is 0 Å². The van der Waals surface area contributed by atoms with E-state index in [9.17, 15) is 4.79 Å². The van der Waals surface area contributed by atoms with E-state index in [1.807, 2.05) is 0 Å². The fourth-order valence-corrected chi connectivity index (χ4v) is 3.00. The largest absolute Gasteiger partial charge is 0.291 e. The number of hydrogen-bond acceptors (Lipinski definition) is 4. The van der Waals surface area contributed by atoms with Crippen LogP contribution in [0.2, 0.25) is 0 Å². The maximum Gasteiger partial charge on any atom is 0.202 e. The van der Waals surface area contributed by atoms with E-state index < -0.39 is 5.54 Å². The first-order chi connectivity index (χ1) is 9.63. The third-order valence-electron chi connectivity index (χ3n) is 4.52. The zero-order chi connectivity index (χ0) is 14.6. The van der Waals surface area contributed by atoms with Crippen molar-refractivity contribution in [2.75, 3.05) is 13.1 Å². The van der Waals surface area contributed by atoms with Crippen LogP contribution in [0, 0.1) is 0 Å². The Hall–Kier alpha value is -1.23. The second-order valence-corrected chi connectivity index (χ2v) is 5.85. The van der Waals surface area contributed by atoms with Crippen molar-refractivity contribution < 1.29 is 4.79 Å². The van der Waals surface area contributed by atoms with E-state index >= 15 is 0 Å². The Bertz CT molecular complexity index is 450. The van der Waals surface area contributed by atoms with E-state index in [2.05, 4.69) is 36.0 Å². The molecule has 1 aromatic rings. The van der Waals surface area contributed by atoms with Gasteiger partial charge in [-0.15, -0.1) is 5.10 Å². The molecule has 0 aromatic carbocycles. The molecule has 20 heavy (non-hydrogen) atoms. The van der Waals surface area contributed by atoms with Gasteiger partial charge in [0.1, 0.15) is 5.69 Å². The minimum absolute atomic E-state index is 0.167. The van der Waals surface area contributed by atoms with Gasteiger partial charge in [-0.25, -0.2) is 4.68 Å². The van der Waals surface area contributed by atoms with E-state index in [0.717, 1.165) is 32.5 Å². The molecule has 5 nitrogen and oxygen atoms in total. The molecule has 0 spiro atoms. The maximum atomic E-state index is 13.0. The first-order valence-corrected chi connectivity index (χ1v) is 7.81. The summed E-state index contributed by atoms with van der Waals surface area (Å²) in [5.74, 6) is 0.167. The molecule has 0 radical (unpaired) electrons. The Morgan fingerprint density at radius 3 is 2.60 bits per heavy atom. The van der Waals surface area contributed by atoms with Gasteiger partial charge < -0.3 is 0 Å². The fourth-order valence-electron chi connectivity index (χ4n) is 3.00. The lowest BCUT2D eigenvalue weighted by atomic mass is 9.87. The summed E-state index contributed by atoms with van der Waals surface area (Å²) < 4.78 is 1.75. The van der Waals surface area contributed by atoms with Crippen molar-refractivity contribution in [3.63, 3.8) is 0 Å². The Kier molecular flexibility index (Phi) is 4.91. The van der Waals surface area contributed by atoms with Crippen LogP contribution in [0.25, 0.3) is 0 Å². The van der Waals surface area contributed by atoms with Crippen LogP contribution in [0.3, 0.4) is 0 Å². The van der Waals surface area contributed by atoms with Crippen LogP contribution in [0.4, 0.5) is 0 Å². The third-order valence-corrected chi connectivity index (χ3v) is 4.52. The zero-order valence-corrected chi connectivity index (χ0v) is 12.9. The first kappa shape index (κ1) is 15.2. The van der Waals surface area contributed by atoms with Crippen molar-refractivity contribution in [2.45, 2.75) is 65.0 Å². The molecule has 2 rings (SSSR count). The number of carbonyl (C=O) groups excluding carboxylic acids is 1. The van der Waals surface area contributed by atoms with Gasteiger partial charge in [-0.3, -0.25) is 9.69 Å². The molecule has 1 saturated heterocycles. The highest BCUT2D eigenvalue weighted by atomic mass is 16.1. The van der Waals surface area contributed by atoms with Crippen molar-refractivity contribution in [2.24, 2.45) is 0 Å². The number of hydrogen-bond donors (Lipinski definition) is 0. The SMILES string of the molecule is CCCn1nncc1C(=O)C(C)(CC)N1CCCCC1. The molecule has 0 aliphatic carbocycles. The van der Waals surface area contributed by atoms with Crippen molar-refractivity contribution in [3.8, 4) is 0 Å². The molecular weight excluding hydrogens is 252 g/mol. The van der Waals surface area contributed by atoms with E-state index in [4.69, 9.17) is 0 Å². The number of carbonyl (C=O) groups is 1. The summed E-state index contributed by atoms with van der Waals surface area (Å²) in [7, 11) is 0. The van der Waals surface area contributed by atoms with Crippen LogP contribution in [0.15, 0.2) is 6.20 Å². The van der Waals surface area contributed by atoms with Crippen LogP contribution >= 0.6 is 0 Å². The number of aromatic nitrogens is 3. The van der Waals surface area contributed by atoms with Gasteiger partial charge in [0, 0.05) is 6.54 Å². The van der Waals surface area contributed by atoms with Gasteiger partial charge >= 0.3 is 0 Å². The minimum atomic E-state index is -0.423. The predicted molar refractivity (Wildman–Crippen MR) is 78.8 cm³/mol. The number of Topliss-reactive ketones (excluding diaryl/α,β-unsaturated/α-hetero) is 1. The molecule has 1 aromatic heterocycles. The smallest absolute Gasteiger partial charge is 0.202 e. The number of ketones is 1. The number of piperidine rings is 1. The Morgan fingerprint density at radius 2 is 2.00 bits per heavy atom. The van der Waals surface area contributed by atoms with E-state index in [1.54, 1.807) is 10.9 Å². The van der Waals surface area contributed by atoms with Crippen molar-refractivity contribution in [3.05, 3.63) is 11.9 Å². The maximum absolute atomic E-state index is 13.0. The summed E-state index contributed by atoms with van der Waals surface area (Å²) in [5, 5.41) is 7.98. The highest BCUT2D eigenvalue weighted by molar-refractivity contribution is 6.01. The van der Waals surface area contributed by atoms with E-state index in [0.29, 0.717) is 5.69 Å². The van der Waals surface area contributed by atoms with Crippen molar-refractivity contribution in [1.29, 1.82) is 0 Å². The number of rotatable bonds is 6. The average Bonchev–Trinajstić information content (AvgIpc) is 2.95. The standard InChI is InChI=1S/C15H26N4O/c1-4-9-19-13(12-16-17-19)14(20)15(3,5-2)18-10-7-6-8-11-18/h12H,4-11H2,1-3H3. The number of likely N-dealkylation sites (tertiary alicyclic amines) is 1. The summed E-state index contributed by atoms with van der Waals surface area (Å²) in [6.45, 7) is 9.04. The molecule has 1 fully saturated rings. The van der Waals surface area contributed by atoms with Crippen LogP contribution in [-0.4, -0.2) is 44.3 Å². The monoisotopic (exact) mass is 278 g/mol. The minimum Gasteiger partial charge on any atom is -0.291 e. The van der Waals surface area contributed by atoms with Gasteiger partial charge in [-0.05, 0) is 45.7 Å². The summed E-state index contributed by atoms with van der Waals surface area (Å²) in [6, 6.07) is 0. The van der Waals surface area contributed by atoms with Crippen molar-refractivity contribution in [1.82, 2.24) is 19.9 Å². The molecule has 5 heteroatoms. The molecule has 2 heterocycles. The number of aryl methyl sites for hydroxylation is 1. The molecular formula is C15H26N4O. The topological polar surface area (TPSA) is 51.0 Å². The molecule has 1 aliphatic rings. The second kappa shape index (κ2) is 6.48. The Balaban J connectivity index is 2.25. The van der Waals surface area contributed by atoms with Gasteiger partial charge in [-0.1, -0.05) is 25.5 Å². The molecule has 0 amide bonds. The van der Waals surface area contributed by atoms with Crippen molar-refractivity contribution >= 4 is 5.78 Å².